The molecule has 64 valence electrons. The maximum Gasteiger partial charge on any atom is 0.162 e. The fraction of sp³-hybridized carbons (Fsp3) is 0.714. The monoisotopic (exact) mass is 176 g/mol. The molecule has 1 unspecified atom stereocenters. The van der Waals surface area contributed by atoms with Gasteiger partial charge in [-0.2, -0.15) is 0 Å². The minimum absolute atomic E-state index is 0.173. The third kappa shape index (κ3) is 1.62. The number of methoxy groups -OCH3 is 1. The summed E-state index contributed by atoms with van der Waals surface area (Å²) in [6.45, 7) is 2.11. The first-order chi connectivity index (χ1) is 5.08. The van der Waals surface area contributed by atoms with Crippen molar-refractivity contribution in [2.75, 3.05) is 19.5 Å². The van der Waals surface area contributed by atoms with Crippen LogP contribution in [0.2, 0.25) is 0 Å². The van der Waals surface area contributed by atoms with E-state index in [0.29, 0.717) is 0 Å². The molecule has 0 N–H and O–H groups in total. The van der Waals surface area contributed by atoms with E-state index in [-0.39, 0.29) is 12.4 Å². The van der Waals surface area contributed by atoms with Crippen LogP contribution in [0.15, 0.2) is 11.6 Å². The lowest BCUT2D eigenvalue weighted by atomic mass is 10.2. The molecule has 1 aliphatic heterocycles. The van der Waals surface area contributed by atoms with Crippen LogP contribution in [-0.4, -0.2) is 33.1 Å². The van der Waals surface area contributed by atoms with Crippen molar-refractivity contribution < 1.29 is 13.2 Å². The Morgan fingerprint density at radius 1 is 1.73 bits per heavy atom. The minimum atomic E-state index is -2.92. The predicted octanol–water partition coefficient (Wildman–Crippen LogP) is 0.376. The third-order valence-corrected chi connectivity index (χ3v) is 3.90. The summed E-state index contributed by atoms with van der Waals surface area (Å²) in [5.74, 6) is 0.173. The van der Waals surface area contributed by atoms with Crippen molar-refractivity contribution >= 4 is 9.84 Å². The van der Waals surface area contributed by atoms with Crippen LogP contribution in [0.5, 0.6) is 0 Å². The van der Waals surface area contributed by atoms with Gasteiger partial charge in [0, 0.05) is 7.11 Å². The molecule has 3 nitrogen and oxygen atoms in total. The molecule has 0 aliphatic carbocycles. The number of sulfone groups is 1. The van der Waals surface area contributed by atoms with Gasteiger partial charge in [-0.3, -0.25) is 0 Å². The smallest absolute Gasteiger partial charge is 0.162 e. The number of hydrogen-bond donors (Lipinski definition) is 0. The van der Waals surface area contributed by atoms with Gasteiger partial charge in [0.05, 0.1) is 12.4 Å². The standard InChI is InChI=1S/C7H12O3S/c1-6-3-4-11(8,9)7(6)5-10-2/h3,7H,4-5H2,1-2H3. The van der Waals surface area contributed by atoms with Gasteiger partial charge in [-0.15, -0.1) is 0 Å². The fourth-order valence-electron chi connectivity index (χ4n) is 1.16. The minimum Gasteiger partial charge on any atom is -0.383 e. The molecule has 0 saturated carbocycles. The van der Waals surface area contributed by atoms with Gasteiger partial charge in [0.2, 0.25) is 0 Å². The second-order valence-electron chi connectivity index (χ2n) is 2.72. The van der Waals surface area contributed by atoms with Gasteiger partial charge in [0.1, 0.15) is 5.25 Å². The van der Waals surface area contributed by atoms with Crippen LogP contribution in [0, 0.1) is 0 Å². The van der Waals surface area contributed by atoms with E-state index >= 15 is 0 Å². The van der Waals surface area contributed by atoms with E-state index in [1.165, 1.54) is 7.11 Å². The molecule has 0 bridgehead atoms. The Hall–Kier alpha value is -0.350. The van der Waals surface area contributed by atoms with E-state index in [4.69, 9.17) is 4.74 Å². The van der Waals surface area contributed by atoms with Crippen LogP contribution < -0.4 is 0 Å². The van der Waals surface area contributed by atoms with Crippen molar-refractivity contribution in [2.45, 2.75) is 12.2 Å². The molecule has 1 aliphatic rings. The largest absolute Gasteiger partial charge is 0.383 e. The first kappa shape index (κ1) is 8.74. The molecule has 1 atom stereocenters. The predicted molar refractivity (Wildman–Crippen MR) is 43.2 cm³/mol. The van der Waals surface area contributed by atoms with Gasteiger partial charge in [-0.25, -0.2) is 8.42 Å². The van der Waals surface area contributed by atoms with Crippen LogP contribution in [-0.2, 0) is 14.6 Å². The Labute approximate surface area is 67.0 Å². The molecule has 1 heterocycles. The molecule has 0 aromatic rings. The summed E-state index contributed by atoms with van der Waals surface area (Å²) >= 11 is 0. The first-order valence-electron chi connectivity index (χ1n) is 3.45. The lowest BCUT2D eigenvalue weighted by Crippen LogP contribution is -2.23. The summed E-state index contributed by atoms with van der Waals surface area (Å²) in [5.41, 5.74) is 0.909. The lowest BCUT2D eigenvalue weighted by molar-refractivity contribution is 0.204. The second-order valence-corrected chi connectivity index (χ2v) is 4.95. The zero-order chi connectivity index (χ0) is 8.48. The van der Waals surface area contributed by atoms with E-state index in [1.807, 2.05) is 6.92 Å². The molecule has 0 saturated heterocycles. The van der Waals surface area contributed by atoms with Crippen LogP contribution >= 0.6 is 0 Å². The SMILES string of the molecule is COCC1C(C)=CCS1(=O)=O. The van der Waals surface area contributed by atoms with Crippen molar-refractivity contribution in [1.82, 2.24) is 0 Å². The highest BCUT2D eigenvalue weighted by Gasteiger charge is 2.30. The van der Waals surface area contributed by atoms with Crippen LogP contribution in [0.3, 0.4) is 0 Å². The summed E-state index contributed by atoms with van der Waals surface area (Å²) in [6.07, 6.45) is 1.75. The summed E-state index contributed by atoms with van der Waals surface area (Å²) < 4.78 is 27.3. The zero-order valence-corrected chi connectivity index (χ0v) is 7.52. The van der Waals surface area contributed by atoms with Gasteiger partial charge in [0.25, 0.3) is 0 Å². The van der Waals surface area contributed by atoms with Crippen LogP contribution in [0.1, 0.15) is 6.92 Å². The average Bonchev–Trinajstić information content (AvgIpc) is 2.16. The van der Waals surface area contributed by atoms with E-state index in [2.05, 4.69) is 0 Å². The Balaban J connectivity index is 2.81. The second kappa shape index (κ2) is 2.95. The number of rotatable bonds is 2. The van der Waals surface area contributed by atoms with Gasteiger partial charge in [-0.05, 0) is 6.92 Å². The molecular formula is C7H12O3S. The first-order valence-corrected chi connectivity index (χ1v) is 5.16. The van der Waals surface area contributed by atoms with Gasteiger partial charge in [0.15, 0.2) is 9.84 Å². The lowest BCUT2D eigenvalue weighted by Gasteiger charge is -2.09. The average molecular weight is 176 g/mol. The normalized spacial score (nSPS) is 28.5. The highest BCUT2D eigenvalue weighted by Crippen LogP contribution is 2.20. The molecule has 0 aromatic heterocycles. The quantitative estimate of drug-likeness (QED) is 0.571. The molecule has 11 heavy (non-hydrogen) atoms. The molecule has 0 aromatic carbocycles. The maximum absolute atomic E-state index is 11.2. The van der Waals surface area contributed by atoms with E-state index in [0.717, 1.165) is 5.57 Å². The maximum atomic E-state index is 11.2. The van der Waals surface area contributed by atoms with Crippen molar-refractivity contribution in [1.29, 1.82) is 0 Å². The number of ether oxygens (including phenoxy) is 1. The Kier molecular flexibility index (Phi) is 2.34. The Morgan fingerprint density at radius 2 is 2.36 bits per heavy atom. The summed E-state index contributed by atoms with van der Waals surface area (Å²) in [4.78, 5) is 0. The van der Waals surface area contributed by atoms with Crippen molar-refractivity contribution in [3.8, 4) is 0 Å². The van der Waals surface area contributed by atoms with E-state index in [9.17, 15) is 8.42 Å². The third-order valence-electron chi connectivity index (χ3n) is 1.90. The Morgan fingerprint density at radius 3 is 2.73 bits per heavy atom. The van der Waals surface area contributed by atoms with Crippen molar-refractivity contribution in [3.63, 3.8) is 0 Å². The topological polar surface area (TPSA) is 43.4 Å². The van der Waals surface area contributed by atoms with Crippen molar-refractivity contribution in [3.05, 3.63) is 11.6 Å². The number of hydrogen-bond acceptors (Lipinski definition) is 3. The van der Waals surface area contributed by atoms with E-state index < -0.39 is 15.1 Å². The van der Waals surface area contributed by atoms with Gasteiger partial charge >= 0.3 is 0 Å². The summed E-state index contributed by atoms with van der Waals surface area (Å²) in [7, 11) is -1.40. The van der Waals surface area contributed by atoms with Gasteiger partial charge in [-0.1, -0.05) is 11.6 Å². The molecule has 1 rings (SSSR count). The molecular weight excluding hydrogens is 164 g/mol. The highest BCUT2D eigenvalue weighted by molar-refractivity contribution is 7.92. The van der Waals surface area contributed by atoms with Crippen molar-refractivity contribution in [2.24, 2.45) is 0 Å². The molecule has 4 heteroatoms. The molecule has 0 spiro atoms. The van der Waals surface area contributed by atoms with Gasteiger partial charge < -0.3 is 4.74 Å². The summed E-state index contributed by atoms with van der Waals surface area (Å²) in [5, 5.41) is -0.396. The van der Waals surface area contributed by atoms with Crippen LogP contribution in [0.4, 0.5) is 0 Å². The molecule has 0 amide bonds. The molecule has 0 fully saturated rings. The summed E-state index contributed by atoms with van der Waals surface area (Å²) in [6, 6.07) is 0. The fourth-order valence-corrected chi connectivity index (χ4v) is 2.90. The highest BCUT2D eigenvalue weighted by atomic mass is 32.2. The molecule has 0 radical (unpaired) electrons. The Bertz CT molecular complexity index is 263. The van der Waals surface area contributed by atoms with E-state index in [1.54, 1.807) is 6.08 Å². The van der Waals surface area contributed by atoms with Crippen LogP contribution in [0.25, 0.3) is 0 Å². The zero-order valence-electron chi connectivity index (χ0n) is 6.70.